The number of carbonyl (C=O) groups excluding carboxylic acids is 1. The molecule has 1 N–H and O–H groups in total. The topological polar surface area (TPSA) is 58.2 Å². The second-order valence-electron chi connectivity index (χ2n) is 8.55. The molecule has 0 bridgehead atoms. The second-order valence-corrected chi connectivity index (χ2v) is 8.55. The van der Waals surface area contributed by atoms with E-state index in [0.29, 0.717) is 5.92 Å². The number of rotatable bonds is 3. The Morgan fingerprint density at radius 2 is 1.87 bits per heavy atom. The van der Waals surface area contributed by atoms with E-state index in [1.165, 1.54) is 10.9 Å². The minimum Gasteiger partial charge on any atom is -0.497 e. The van der Waals surface area contributed by atoms with Crippen LogP contribution >= 0.6 is 0 Å². The van der Waals surface area contributed by atoms with E-state index in [-0.39, 0.29) is 5.91 Å². The van der Waals surface area contributed by atoms with Gasteiger partial charge < -0.3 is 14.6 Å². The van der Waals surface area contributed by atoms with Crippen LogP contribution in [0.15, 0.2) is 48.7 Å². The molecule has 0 aliphatic carbocycles. The number of pyridine rings is 1. The van der Waals surface area contributed by atoms with E-state index in [1.807, 2.05) is 36.1 Å². The molecule has 31 heavy (non-hydrogen) atoms. The maximum atomic E-state index is 13.4. The Morgan fingerprint density at radius 3 is 2.65 bits per heavy atom. The van der Waals surface area contributed by atoms with Crippen LogP contribution in [0.5, 0.6) is 5.75 Å². The first-order chi connectivity index (χ1) is 15.0. The van der Waals surface area contributed by atoms with Gasteiger partial charge in [0, 0.05) is 41.3 Å². The van der Waals surface area contributed by atoms with Crippen molar-refractivity contribution in [3.63, 3.8) is 0 Å². The van der Waals surface area contributed by atoms with Crippen LogP contribution in [0.25, 0.3) is 21.8 Å². The molecule has 1 aliphatic rings. The van der Waals surface area contributed by atoms with Crippen molar-refractivity contribution < 1.29 is 9.53 Å². The van der Waals surface area contributed by atoms with Crippen molar-refractivity contribution in [1.82, 2.24) is 14.9 Å². The first kappa shape index (κ1) is 19.6. The number of piperidine rings is 1. The van der Waals surface area contributed by atoms with Gasteiger partial charge >= 0.3 is 0 Å². The Kier molecular flexibility index (Phi) is 4.89. The van der Waals surface area contributed by atoms with Crippen LogP contribution < -0.4 is 4.74 Å². The fraction of sp³-hybridized carbons (Fsp3) is 0.308. The van der Waals surface area contributed by atoms with Gasteiger partial charge in [0.15, 0.2) is 0 Å². The molecule has 5 heteroatoms. The standard InChI is InChI=1S/C26H27N3O2/c1-16-4-6-25-20(12-16)22(13-17(2)28-25)26(30)29-10-8-18(9-11-29)23-15-27-24-7-5-19(31-3)14-21(23)24/h4-7,12-15,18,27H,8-11H2,1-3H3. The number of methoxy groups -OCH3 is 1. The molecule has 0 unspecified atom stereocenters. The zero-order valence-electron chi connectivity index (χ0n) is 18.2. The molecule has 3 heterocycles. The van der Waals surface area contributed by atoms with Gasteiger partial charge in [-0.05, 0) is 74.6 Å². The summed E-state index contributed by atoms with van der Waals surface area (Å²) in [5.74, 6) is 1.42. The summed E-state index contributed by atoms with van der Waals surface area (Å²) < 4.78 is 5.41. The molecule has 1 aliphatic heterocycles. The third-order valence-electron chi connectivity index (χ3n) is 6.47. The lowest BCUT2D eigenvalue weighted by Gasteiger charge is -2.32. The smallest absolute Gasteiger partial charge is 0.254 e. The lowest BCUT2D eigenvalue weighted by atomic mass is 9.89. The zero-order valence-corrected chi connectivity index (χ0v) is 18.2. The molecule has 2 aromatic carbocycles. The minimum atomic E-state index is 0.111. The first-order valence-corrected chi connectivity index (χ1v) is 10.9. The van der Waals surface area contributed by atoms with Gasteiger partial charge in [-0.1, -0.05) is 11.6 Å². The average molecular weight is 414 g/mol. The van der Waals surface area contributed by atoms with Crippen molar-refractivity contribution in [2.24, 2.45) is 0 Å². The maximum Gasteiger partial charge on any atom is 0.254 e. The van der Waals surface area contributed by atoms with Crippen molar-refractivity contribution in [2.75, 3.05) is 20.2 Å². The molecule has 5 nitrogen and oxygen atoms in total. The lowest BCUT2D eigenvalue weighted by Crippen LogP contribution is -2.38. The molecule has 2 aromatic heterocycles. The summed E-state index contributed by atoms with van der Waals surface area (Å²) in [4.78, 5) is 23.4. The number of aryl methyl sites for hydroxylation is 2. The predicted octanol–water partition coefficient (Wildman–Crippen LogP) is 5.36. The summed E-state index contributed by atoms with van der Waals surface area (Å²) in [5, 5.41) is 2.16. The van der Waals surface area contributed by atoms with Crippen LogP contribution in [-0.4, -0.2) is 41.0 Å². The van der Waals surface area contributed by atoms with Crippen LogP contribution in [0, 0.1) is 13.8 Å². The summed E-state index contributed by atoms with van der Waals surface area (Å²) in [5.41, 5.74) is 6.12. The van der Waals surface area contributed by atoms with Crippen molar-refractivity contribution in [3.05, 3.63) is 71.0 Å². The van der Waals surface area contributed by atoms with E-state index in [9.17, 15) is 4.79 Å². The maximum absolute atomic E-state index is 13.4. The van der Waals surface area contributed by atoms with Crippen molar-refractivity contribution in [1.29, 1.82) is 0 Å². The number of hydrogen-bond acceptors (Lipinski definition) is 3. The largest absolute Gasteiger partial charge is 0.497 e. The SMILES string of the molecule is COc1ccc2[nH]cc(C3CCN(C(=O)c4cc(C)nc5ccc(C)cc45)CC3)c2c1. The third kappa shape index (κ3) is 3.54. The number of carbonyl (C=O) groups is 1. The number of H-pyrrole nitrogens is 1. The molecule has 1 amide bonds. The Morgan fingerprint density at radius 1 is 1.06 bits per heavy atom. The normalized spacial score (nSPS) is 15.0. The quantitative estimate of drug-likeness (QED) is 0.492. The molecule has 4 aromatic rings. The van der Waals surface area contributed by atoms with Gasteiger partial charge in [-0.15, -0.1) is 0 Å². The molecule has 0 radical (unpaired) electrons. The number of benzene rings is 2. The molecule has 0 saturated carbocycles. The van der Waals surface area contributed by atoms with Gasteiger partial charge in [0.05, 0.1) is 18.2 Å². The Labute approximate surface area is 182 Å². The molecule has 0 spiro atoms. The van der Waals surface area contributed by atoms with Gasteiger partial charge in [-0.3, -0.25) is 9.78 Å². The van der Waals surface area contributed by atoms with Gasteiger partial charge in [0.25, 0.3) is 5.91 Å². The average Bonchev–Trinajstić information content (AvgIpc) is 3.21. The summed E-state index contributed by atoms with van der Waals surface area (Å²) in [6.45, 7) is 5.52. The monoisotopic (exact) mass is 413 g/mol. The highest BCUT2D eigenvalue weighted by Crippen LogP contribution is 2.35. The van der Waals surface area contributed by atoms with Gasteiger partial charge in [0.1, 0.15) is 5.75 Å². The van der Waals surface area contributed by atoms with Gasteiger partial charge in [0.2, 0.25) is 0 Å². The number of aromatic nitrogens is 2. The molecule has 158 valence electrons. The highest BCUT2D eigenvalue weighted by atomic mass is 16.5. The molecule has 5 rings (SSSR count). The van der Waals surface area contributed by atoms with Crippen molar-refractivity contribution in [3.8, 4) is 5.75 Å². The Hall–Kier alpha value is -3.34. The van der Waals surface area contributed by atoms with Crippen LogP contribution in [0.4, 0.5) is 0 Å². The molecular weight excluding hydrogens is 386 g/mol. The van der Waals surface area contributed by atoms with E-state index in [4.69, 9.17) is 4.74 Å². The van der Waals surface area contributed by atoms with Crippen LogP contribution in [-0.2, 0) is 0 Å². The number of hydrogen-bond donors (Lipinski definition) is 1. The van der Waals surface area contributed by atoms with Crippen LogP contribution in [0.3, 0.4) is 0 Å². The summed E-state index contributed by atoms with van der Waals surface area (Å²) >= 11 is 0. The van der Waals surface area contributed by atoms with Gasteiger partial charge in [-0.2, -0.15) is 0 Å². The fourth-order valence-corrected chi connectivity index (χ4v) is 4.80. The molecular formula is C26H27N3O2. The number of aromatic amines is 1. The number of fused-ring (bicyclic) bond motifs is 2. The second kappa shape index (κ2) is 7.73. The third-order valence-corrected chi connectivity index (χ3v) is 6.47. The van der Waals surface area contributed by atoms with Gasteiger partial charge in [-0.25, -0.2) is 0 Å². The van der Waals surface area contributed by atoms with Crippen LogP contribution in [0.1, 0.15) is 45.9 Å². The van der Waals surface area contributed by atoms with Crippen molar-refractivity contribution >= 4 is 27.7 Å². The van der Waals surface area contributed by atoms with E-state index in [1.54, 1.807) is 7.11 Å². The summed E-state index contributed by atoms with van der Waals surface area (Å²) in [6.07, 6.45) is 4.03. The van der Waals surface area contributed by atoms with E-state index in [0.717, 1.165) is 64.9 Å². The highest BCUT2D eigenvalue weighted by molar-refractivity contribution is 6.06. The van der Waals surface area contributed by atoms with E-state index >= 15 is 0 Å². The molecule has 0 atom stereocenters. The fourth-order valence-electron chi connectivity index (χ4n) is 4.80. The van der Waals surface area contributed by atoms with Crippen molar-refractivity contribution in [2.45, 2.75) is 32.6 Å². The van der Waals surface area contributed by atoms with E-state index in [2.05, 4.69) is 41.3 Å². The minimum absolute atomic E-state index is 0.111. The zero-order chi connectivity index (χ0) is 21.5. The Bertz CT molecular complexity index is 1280. The predicted molar refractivity (Wildman–Crippen MR) is 124 cm³/mol. The highest BCUT2D eigenvalue weighted by Gasteiger charge is 2.27. The number of amides is 1. The number of nitrogens with one attached hydrogen (secondary N) is 1. The molecule has 1 fully saturated rings. The lowest BCUT2D eigenvalue weighted by molar-refractivity contribution is 0.0715. The first-order valence-electron chi connectivity index (χ1n) is 10.9. The van der Waals surface area contributed by atoms with E-state index < -0.39 is 0 Å². The summed E-state index contributed by atoms with van der Waals surface area (Å²) in [6, 6.07) is 14.2. The summed E-state index contributed by atoms with van der Waals surface area (Å²) in [7, 11) is 1.70. The van der Waals surface area contributed by atoms with Crippen LogP contribution in [0.2, 0.25) is 0 Å². The number of likely N-dealkylation sites (tertiary alicyclic amines) is 1. The number of nitrogens with zero attached hydrogens (tertiary/aromatic N) is 2. The Balaban J connectivity index is 1.38. The molecule has 1 saturated heterocycles. The number of ether oxygens (including phenoxy) is 1.